The van der Waals surface area contributed by atoms with Crippen LogP contribution < -0.4 is 10.5 Å². The number of phenols is 2. The van der Waals surface area contributed by atoms with Crippen molar-refractivity contribution in [2.45, 2.75) is 5.92 Å². The molecule has 4 aromatic rings. The fourth-order valence-corrected chi connectivity index (χ4v) is 4.27. The van der Waals surface area contributed by atoms with E-state index in [0.29, 0.717) is 33.9 Å². The van der Waals surface area contributed by atoms with Crippen LogP contribution in [0.15, 0.2) is 78.9 Å². The van der Waals surface area contributed by atoms with Crippen LogP contribution in [0, 0.1) is 0 Å². The fourth-order valence-electron chi connectivity index (χ4n) is 4.27. The smallest absolute Gasteiger partial charge is 0.336 e. The number of rotatable bonds is 3. The molecule has 0 fully saturated rings. The minimum absolute atomic E-state index is 0.0244. The molecule has 0 bridgehead atoms. The highest BCUT2D eigenvalue weighted by molar-refractivity contribution is 5.93. The summed E-state index contributed by atoms with van der Waals surface area (Å²) in [6.45, 7) is 0. The minimum atomic E-state index is -1.05. The first-order valence-electron chi connectivity index (χ1n) is 9.98. The first-order valence-corrected chi connectivity index (χ1v) is 9.98. The molecule has 0 saturated carbocycles. The van der Waals surface area contributed by atoms with Gasteiger partial charge in [-0.25, -0.2) is 4.79 Å². The molecule has 32 heavy (non-hydrogen) atoms. The number of aromatic carboxylic acids is 1. The molecule has 0 spiro atoms. The van der Waals surface area contributed by atoms with Crippen LogP contribution in [0.2, 0.25) is 0 Å². The van der Waals surface area contributed by atoms with Gasteiger partial charge in [-0.1, -0.05) is 36.4 Å². The number of nitrogens with two attached hydrogens (primary N) is 1. The maximum absolute atomic E-state index is 12.3. The lowest BCUT2D eigenvalue weighted by atomic mass is 9.77. The number of fused-ring (bicyclic) bond motifs is 2. The number of ether oxygens (including phenoxy) is 1. The average Bonchev–Trinajstić information content (AvgIpc) is 2.77. The molecule has 158 valence electrons. The zero-order chi connectivity index (χ0) is 22.4. The number of aromatic hydroxyl groups is 2. The van der Waals surface area contributed by atoms with Crippen LogP contribution in [-0.4, -0.2) is 21.3 Å². The van der Waals surface area contributed by atoms with Gasteiger partial charge in [0.1, 0.15) is 23.0 Å². The Kier molecular flexibility index (Phi) is 4.48. The molecule has 0 unspecified atom stereocenters. The largest absolute Gasteiger partial charge is 0.508 e. The molecule has 1 aliphatic heterocycles. The van der Waals surface area contributed by atoms with E-state index in [1.165, 1.54) is 12.1 Å². The topological polar surface area (TPSA) is 113 Å². The fraction of sp³-hybridized carbons (Fsp3) is 0.0385. The van der Waals surface area contributed by atoms with Crippen LogP contribution in [0.4, 0.5) is 5.69 Å². The first kappa shape index (κ1) is 19.5. The number of benzene rings is 4. The maximum Gasteiger partial charge on any atom is 0.336 e. The Morgan fingerprint density at radius 3 is 1.97 bits per heavy atom. The second-order valence-electron chi connectivity index (χ2n) is 7.67. The van der Waals surface area contributed by atoms with Gasteiger partial charge in [-0.05, 0) is 47.0 Å². The monoisotopic (exact) mass is 425 g/mol. The molecule has 0 aromatic heterocycles. The number of phenolic OH excluding ortho intramolecular Hbond substituents is 2. The van der Waals surface area contributed by atoms with Gasteiger partial charge >= 0.3 is 5.97 Å². The normalized spacial score (nSPS) is 12.5. The number of carbonyl (C=O) groups is 1. The molecule has 0 aliphatic carbocycles. The van der Waals surface area contributed by atoms with Crippen LogP contribution in [0.25, 0.3) is 11.1 Å². The van der Waals surface area contributed by atoms with Crippen LogP contribution in [0.1, 0.15) is 33.0 Å². The Hall–Kier alpha value is -4.45. The Bertz CT molecular complexity index is 1310. The molecule has 5 rings (SSSR count). The molecule has 1 heterocycles. The molecule has 4 aromatic carbocycles. The van der Waals surface area contributed by atoms with E-state index in [0.717, 1.165) is 11.1 Å². The number of hydrogen-bond acceptors (Lipinski definition) is 5. The number of nitrogen functional groups attached to an aromatic ring is 1. The van der Waals surface area contributed by atoms with Crippen molar-refractivity contribution in [2.75, 3.05) is 5.73 Å². The molecule has 1 aliphatic rings. The quantitative estimate of drug-likeness (QED) is 0.291. The van der Waals surface area contributed by atoms with Gasteiger partial charge in [-0.2, -0.15) is 0 Å². The highest BCUT2D eigenvalue weighted by Gasteiger charge is 2.33. The van der Waals surface area contributed by atoms with E-state index in [2.05, 4.69) is 0 Å². The summed E-state index contributed by atoms with van der Waals surface area (Å²) in [5.74, 6) is -0.708. The van der Waals surface area contributed by atoms with Crippen molar-refractivity contribution in [2.24, 2.45) is 0 Å². The standard InChI is InChI=1S/C26H19NO5/c27-15-6-4-14(5-7-15)18-2-1-3-21(26(30)31)24(18)25-19-10-8-16(28)12-22(19)32-23-13-17(29)9-11-20(23)25/h1-13,25,28-29H,27H2,(H,30,31). The third-order valence-corrected chi connectivity index (χ3v) is 5.68. The number of carboxylic acid groups (broad SMARTS) is 1. The molecule has 5 N–H and O–H groups in total. The van der Waals surface area contributed by atoms with Gasteiger partial charge in [0.2, 0.25) is 0 Å². The molecule has 6 nitrogen and oxygen atoms in total. The second kappa shape index (κ2) is 7.35. The van der Waals surface area contributed by atoms with Gasteiger partial charge in [0.15, 0.2) is 0 Å². The van der Waals surface area contributed by atoms with Crippen LogP contribution in [0.5, 0.6) is 23.0 Å². The number of carboxylic acids is 1. The molecular formula is C26H19NO5. The molecule has 6 heteroatoms. The van der Waals surface area contributed by atoms with Crippen molar-refractivity contribution in [1.82, 2.24) is 0 Å². The van der Waals surface area contributed by atoms with Crippen molar-refractivity contribution in [1.29, 1.82) is 0 Å². The summed E-state index contributed by atoms with van der Waals surface area (Å²) in [5.41, 5.74) is 10.2. The lowest BCUT2D eigenvalue weighted by Gasteiger charge is -2.31. The van der Waals surface area contributed by atoms with Crippen LogP contribution in [0.3, 0.4) is 0 Å². The summed E-state index contributed by atoms with van der Waals surface area (Å²) in [6, 6.07) is 22.0. The Balaban J connectivity index is 1.85. The van der Waals surface area contributed by atoms with E-state index in [-0.39, 0.29) is 17.1 Å². The predicted octanol–water partition coefficient (Wildman–Crippen LogP) is 5.33. The van der Waals surface area contributed by atoms with Crippen molar-refractivity contribution < 1.29 is 24.9 Å². The zero-order valence-electron chi connectivity index (χ0n) is 16.8. The number of anilines is 1. The summed E-state index contributed by atoms with van der Waals surface area (Å²) in [5, 5.41) is 30.1. The highest BCUT2D eigenvalue weighted by atomic mass is 16.5. The summed E-state index contributed by atoms with van der Waals surface area (Å²) in [6.07, 6.45) is 0. The lowest BCUT2D eigenvalue weighted by molar-refractivity contribution is 0.0695. The average molecular weight is 425 g/mol. The maximum atomic E-state index is 12.3. The van der Waals surface area contributed by atoms with Gasteiger partial charge in [0, 0.05) is 34.9 Å². The Morgan fingerprint density at radius 1 is 0.812 bits per heavy atom. The first-order chi connectivity index (χ1) is 15.4. The molecular weight excluding hydrogens is 406 g/mol. The predicted molar refractivity (Wildman–Crippen MR) is 120 cm³/mol. The van der Waals surface area contributed by atoms with Gasteiger partial charge in [0.05, 0.1) is 5.56 Å². The highest BCUT2D eigenvalue weighted by Crippen LogP contribution is 2.51. The zero-order valence-corrected chi connectivity index (χ0v) is 16.8. The van der Waals surface area contributed by atoms with E-state index in [9.17, 15) is 20.1 Å². The summed E-state index contributed by atoms with van der Waals surface area (Å²) in [7, 11) is 0. The number of hydrogen-bond donors (Lipinski definition) is 4. The van der Waals surface area contributed by atoms with E-state index >= 15 is 0 Å². The third-order valence-electron chi connectivity index (χ3n) is 5.68. The van der Waals surface area contributed by atoms with E-state index < -0.39 is 11.9 Å². The van der Waals surface area contributed by atoms with Crippen molar-refractivity contribution in [3.63, 3.8) is 0 Å². The summed E-state index contributed by atoms with van der Waals surface area (Å²) >= 11 is 0. The minimum Gasteiger partial charge on any atom is -0.508 e. The summed E-state index contributed by atoms with van der Waals surface area (Å²) in [4.78, 5) is 12.3. The summed E-state index contributed by atoms with van der Waals surface area (Å²) < 4.78 is 5.97. The molecule has 0 atom stereocenters. The van der Waals surface area contributed by atoms with E-state index in [4.69, 9.17) is 10.5 Å². The van der Waals surface area contributed by atoms with Gasteiger partial charge in [-0.15, -0.1) is 0 Å². The Labute approximate surface area is 183 Å². The van der Waals surface area contributed by atoms with Gasteiger partial charge in [0.25, 0.3) is 0 Å². The van der Waals surface area contributed by atoms with Crippen molar-refractivity contribution >= 4 is 11.7 Å². The van der Waals surface area contributed by atoms with Gasteiger partial charge in [-0.3, -0.25) is 0 Å². The van der Waals surface area contributed by atoms with Gasteiger partial charge < -0.3 is 25.8 Å². The van der Waals surface area contributed by atoms with Crippen LogP contribution >= 0.6 is 0 Å². The Morgan fingerprint density at radius 2 is 1.41 bits per heavy atom. The SMILES string of the molecule is Nc1ccc(-c2cccc(C(=O)O)c2C2c3ccc(O)cc3Oc3cc(O)ccc32)cc1. The van der Waals surface area contributed by atoms with E-state index in [1.807, 2.05) is 18.2 Å². The van der Waals surface area contributed by atoms with Crippen molar-refractivity contribution in [3.05, 3.63) is 101 Å². The lowest BCUT2D eigenvalue weighted by Crippen LogP contribution is -2.16. The van der Waals surface area contributed by atoms with Crippen LogP contribution in [-0.2, 0) is 0 Å². The van der Waals surface area contributed by atoms with E-state index in [1.54, 1.807) is 48.5 Å². The second-order valence-corrected chi connectivity index (χ2v) is 7.67. The molecule has 0 amide bonds. The third kappa shape index (κ3) is 3.18. The molecule has 0 radical (unpaired) electrons. The molecule has 0 saturated heterocycles. The van der Waals surface area contributed by atoms with Crippen molar-refractivity contribution in [3.8, 4) is 34.1 Å².